The highest BCUT2D eigenvalue weighted by atomic mass is 127. The van der Waals surface area contributed by atoms with E-state index in [1.165, 1.54) is 12.1 Å². The van der Waals surface area contributed by atoms with E-state index in [2.05, 4.69) is 22.6 Å². The average molecular weight is 268 g/mol. The average Bonchev–Trinajstić information content (AvgIpc) is 2.05. The largest absolute Gasteiger partial charge is 0.263 e. The molecule has 1 aromatic rings. The summed E-state index contributed by atoms with van der Waals surface area (Å²) < 4.78 is 24.9. The van der Waals surface area contributed by atoms with Crippen molar-refractivity contribution in [3.8, 4) is 0 Å². The minimum atomic E-state index is -2.35. The van der Waals surface area contributed by atoms with Crippen LogP contribution in [0.5, 0.6) is 0 Å². The summed E-state index contributed by atoms with van der Waals surface area (Å²) in [6.07, 6.45) is -2.35. The Hall–Kier alpha value is -0.190. The second-order valence-corrected chi connectivity index (χ2v) is 2.94. The van der Waals surface area contributed by atoms with Crippen LogP contribution < -0.4 is 0 Å². The van der Waals surface area contributed by atoms with E-state index in [0.29, 0.717) is 0 Å². The predicted octanol–water partition coefficient (Wildman–Crippen LogP) is 3.56. The molecule has 1 rings (SSSR count). The molecule has 0 saturated heterocycles. The first-order valence-electron chi connectivity index (χ1n) is 3.17. The minimum Gasteiger partial charge on any atom is -0.205 e. The highest BCUT2D eigenvalue weighted by Gasteiger charge is 2.04. The summed E-state index contributed by atoms with van der Waals surface area (Å²) in [5.41, 5.74) is 1.17. The molecule has 11 heavy (non-hydrogen) atoms. The van der Waals surface area contributed by atoms with Crippen molar-refractivity contribution in [3.05, 3.63) is 35.4 Å². The van der Waals surface area contributed by atoms with E-state index >= 15 is 0 Å². The Morgan fingerprint density at radius 1 is 1.18 bits per heavy atom. The zero-order chi connectivity index (χ0) is 8.27. The van der Waals surface area contributed by atoms with Crippen molar-refractivity contribution < 1.29 is 8.78 Å². The highest BCUT2D eigenvalue weighted by Crippen LogP contribution is 2.19. The van der Waals surface area contributed by atoms with Crippen LogP contribution in [0.2, 0.25) is 0 Å². The number of benzene rings is 1. The molecule has 0 radical (unpaired) electrons. The third-order valence-electron chi connectivity index (χ3n) is 1.39. The molecule has 3 heteroatoms. The van der Waals surface area contributed by atoms with Gasteiger partial charge in [-0.1, -0.05) is 46.9 Å². The number of alkyl halides is 3. The summed E-state index contributed by atoms with van der Waals surface area (Å²) in [5.74, 6) is 0. The van der Waals surface area contributed by atoms with E-state index in [0.717, 1.165) is 9.99 Å². The molecule has 0 spiro atoms. The van der Waals surface area contributed by atoms with Crippen molar-refractivity contribution in [2.75, 3.05) is 0 Å². The van der Waals surface area contributed by atoms with Crippen LogP contribution in [0, 0.1) is 0 Å². The number of halogens is 3. The van der Waals surface area contributed by atoms with Crippen LogP contribution >= 0.6 is 22.6 Å². The van der Waals surface area contributed by atoms with Gasteiger partial charge in [0.15, 0.2) is 0 Å². The van der Waals surface area contributed by atoms with Crippen molar-refractivity contribution in [1.82, 2.24) is 0 Å². The molecule has 0 unspecified atom stereocenters. The SMILES string of the molecule is FC(F)c1ccc(CI)cc1. The molecule has 0 atom stereocenters. The summed E-state index contributed by atoms with van der Waals surface area (Å²) in [6.45, 7) is 0. The third kappa shape index (κ3) is 2.39. The van der Waals surface area contributed by atoms with E-state index in [4.69, 9.17) is 0 Å². The maximum Gasteiger partial charge on any atom is 0.263 e. The van der Waals surface area contributed by atoms with Gasteiger partial charge in [-0.2, -0.15) is 0 Å². The Bertz CT molecular complexity index is 218. The van der Waals surface area contributed by atoms with Crippen LogP contribution in [-0.4, -0.2) is 0 Å². The van der Waals surface area contributed by atoms with Gasteiger partial charge in [-0.05, 0) is 5.56 Å². The number of hydrogen-bond donors (Lipinski definition) is 0. The lowest BCUT2D eigenvalue weighted by Gasteiger charge is -1.99. The highest BCUT2D eigenvalue weighted by molar-refractivity contribution is 14.1. The molecule has 0 saturated carbocycles. The van der Waals surface area contributed by atoms with Crippen molar-refractivity contribution in [2.24, 2.45) is 0 Å². The molecular weight excluding hydrogens is 261 g/mol. The first-order valence-corrected chi connectivity index (χ1v) is 4.69. The van der Waals surface area contributed by atoms with Gasteiger partial charge < -0.3 is 0 Å². The summed E-state index contributed by atoms with van der Waals surface area (Å²) >= 11 is 2.19. The van der Waals surface area contributed by atoms with Gasteiger partial charge in [-0.3, -0.25) is 0 Å². The molecule has 0 heterocycles. The van der Waals surface area contributed by atoms with Crippen LogP contribution in [0.25, 0.3) is 0 Å². The van der Waals surface area contributed by atoms with Crippen LogP contribution in [0.15, 0.2) is 24.3 Å². The maximum absolute atomic E-state index is 12.0. The lowest BCUT2D eigenvalue weighted by Crippen LogP contribution is -1.83. The van der Waals surface area contributed by atoms with Crippen LogP contribution in [-0.2, 0) is 4.43 Å². The van der Waals surface area contributed by atoms with Crippen LogP contribution in [0.4, 0.5) is 8.78 Å². The van der Waals surface area contributed by atoms with E-state index in [1.54, 1.807) is 12.1 Å². The minimum absolute atomic E-state index is 0.0959. The molecular formula is C8H7F2I. The molecule has 0 fully saturated rings. The van der Waals surface area contributed by atoms with Crippen molar-refractivity contribution >= 4 is 22.6 Å². The quantitative estimate of drug-likeness (QED) is 0.568. The zero-order valence-corrected chi connectivity index (χ0v) is 7.89. The molecule has 60 valence electrons. The van der Waals surface area contributed by atoms with Crippen LogP contribution in [0.3, 0.4) is 0 Å². The molecule has 0 amide bonds. The molecule has 0 nitrogen and oxygen atoms in total. The predicted molar refractivity (Wildman–Crippen MR) is 49.1 cm³/mol. The molecule has 0 aliphatic carbocycles. The molecule has 0 aliphatic rings. The summed E-state index contributed by atoms with van der Waals surface area (Å²) in [7, 11) is 0. The first kappa shape index (κ1) is 8.90. The third-order valence-corrected chi connectivity index (χ3v) is 2.27. The fourth-order valence-corrected chi connectivity index (χ4v) is 1.26. The Morgan fingerprint density at radius 3 is 2.09 bits per heavy atom. The van der Waals surface area contributed by atoms with E-state index in [-0.39, 0.29) is 5.56 Å². The zero-order valence-electron chi connectivity index (χ0n) is 5.73. The van der Waals surface area contributed by atoms with Gasteiger partial charge in [-0.25, -0.2) is 8.78 Å². The topological polar surface area (TPSA) is 0 Å². The first-order chi connectivity index (χ1) is 5.24. The molecule has 0 aromatic heterocycles. The Kier molecular flexibility index (Phi) is 3.23. The number of rotatable bonds is 2. The van der Waals surface area contributed by atoms with Gasteiger partial charge >= 0.3 is 0 Å². The lowest BCUT2D eigenvalue weighted by molar-refractivity contribution is 0.151. The normalized spacial score (nSPS) is 10.5. The van der Waals surface area contributed by atoms with E-state index in [9.17, 15) is 8.78 Å². The second kappa shape index (κ2) is 3.99. The van der Waals surface area contributed by atoms with Gasteiger partial charge in [0, 0.05) is 9.99 Å². The van der Waals surface area contributed by atoms with Crippen molar-refractivity contribution in [1.29, 1.82) is 0 Å². The number of hydrogen-bond acceptors (Lipinski definition) is 0. The summed E-state index contributed by atoms with van der Waals surface area (Å²) in [5, 5.41) is 0. The van der Waals surface area contributed by atoms with E-state index < -0.39 is 6.43 Å². The van der Waals surface area contributed by atoms with Crippen molar-refractivity contribution in [3.63, 3.8) is 0 Å². The van der Waals surface area contributed by atoms with Gasteiger partial charge in [0.05, 0.1) is 0 Å². The fourth-order valence-electron chi connectivity index (χ4n) is 0.752. The van der Waals surface area contributed by atoms with Crippen molar-refractivity contribution in [2.45, 2.75) is 10.9 Å². The second-order valence-electron chi connectivity index (χ2n) is 2.18. The fraction of sp³-hybridized carbons (Fsp3) is 0.250. The smallest absolute Gasteiger partial charge is 0.205 e. The summed E-state index contributed by atoms with van der Waals surface area (Å²) in [4.78, 5) is 0. The molecule has 0 bridgehead atoms. The van der Waals surface area contributed by atoms with Gasteiger partial charge in [0.2, 0.25) is 0 Å². The Morgan fingerprint density at radius 2 is 1.73 bits per heavy atom. The molecule has 0 N–H and O–H groups in total. The lowest BCUT2D eigenvalue weighted by atomic mass is 10.2. The monoisotopic (exact) mass is 268 g/mol. The van der Waals surface area contributed by atoms with Gasteiger partial charge in [0.25, 0.3) is 6.43 Å². The summed E-state index contributed by atoms with van der Waals surface area (Å²) in [6, 6.07) is 6.40. The molecule has 0 aliphatic heterocycles. The molecule has 1 aromatic carbocycles. The standard InChI is InChI=1S/C8H7F2I/c9-8(10)7-3-1-6(5-11)2-4-7/h1-4,8H,5H2. The maximum atomic E-state index is 12.0. The van der Waals surface area contributed by atoms with Crippen LogP contribution in [0.1, 0.15) is 17.6 Å². The van der Waals surface area contributed by atoms with Gasteiger partial charge in [0.1, 0.15) is 0 Å². The Balaban J connectivity index is 2.83. The van der Waals surface area contributed by atoms with Gasteiger partial charge in [-0.15, -0.1) is 0 Å². The Labute approximate surface area is 77.8 Å². The van der Waals surface area contributed by atoms with E-state index in [1.807, 2.05) is 0 Å².